The Kier molecular flexibility index (Phi) is 5.92. The highest BCUT2D eigenvalue weighted by Gasteiger charge is 2.27. The molecular weight excluding hydrogens is 514 g/mol. The Morgan fingerprint density at radius 1 is 1.14 bits per heavy atom. The normalized spacial score (nSPS) is 11.8. The van der Waals surface area contributed by atoms with Crippen LogP contribution in [0.15, 0.2) is 47.8 Å². The van der Waals surface area contributed by atoms with Crippen LogP contribution in [0.4, 0.5) is 8.78 Å². The molecule has 0 aliphatic heterocycles. The molecule has 0 atom stereocenters. The van der Waals surface area contributed by atoms with E-state index in [9.17, 15) is 8.42 Å². The molecule has 0 unspecified atom stereocenters. The highest BCUT2D eigenvalue weighted by atomic mass is 35.5. The first-order valence-electron chi connectivity index (χ1n) is 10.4. The number of hydrogen-bond donors (Lipinski definition) is 2. The summed E-state index contributed by atoms with van der Waals surface area (Å²) in [6.45, 7) is 1.56. The Hall–Kier alpha value is -3.90. The van der Waals surface area contributed by atoms with Crippen LogP contribution in [0.2, 0.25) is 5.02 Å². The molecule has 0 fully saturated rings. The fourth-order valence-corrected chi connectivity index (χ4v) is 5.59. The molecule has 2 N–H and O–H groups in total. The van der Waals surface area contributed by atoms with Crippen molar-refractivity contribution >= 4 is 32.3 Å². The number of nitrogens with one attached hydrogen (secondary N) is 2. The predicted molar refractivity (Wildman–Crippen MR) is 128 cm³/mol. The summed E-state index contributed by atoms with van der Waals surface area (Å²) in [7, 11) is -2.88. The van der Waals surface area contributed by atoms with Gasteiger partial charge in [0.15, 0.2) is 27.3 Å². The Balaban J connectivity index is 1.60. The van der Waals surface area contributed by atoms with Gasteiger partial charge in [-0.3, -0.25) is 5.10 Å². The molecule has 184 valence electrons. The van der Waals surface area contributed by atoms with Crippen LogP contribution in [0.3, 0.4) is 0 Å². The molecule has 36 heavy (non-hydrogen) atoms. The van der Waals surface area contributed by atoms with Gasteiger partial charge in [0.2, 0.25) is 5.88 Å². The Bertz CT molecular complexity index is 1720. The molecule has 0 radical (unpaired) electrons. The van der Waals surface area contributed by atoms with Crippen molar-refractivity contribution in [2.24, 2.45) is 0 Å². The number of H-pyrrole nitrogens is 2. The van der Waals surface area contributed by atoms with Crippen molar-refractivity contribution in [3.63, 3.8) is 0 Å². The smallest absolute Gasteiger partial charge is 0.232 e. The van der Waals surface area contributed by atoms with E-state index in [4.69, 9.17) is 16.3 Å². The van der Waals surface area contributed by atoms with E-state index in [1.54, 1.807) is 25.4 Å². The molecule has 4 heterocycles. The number of sulfone groups is 1. The van der Waals surface area contributed by atoms with Crippen LogP contribution in [0.25, 0.3) is 33.7 Å². The summed E-state index contributed by atoms with van der Waals surface area (Å²) in [5, 5.41) is 7.26. The van der Waals surface area contributed by atoms with Gasteiger partial charge in [0.25, 0.3) is 0 Å². The number of methoxy groups -OCH3 is 1. The molecule has 0 amide bonds. The fourth-order valence-electron chi connectivity index (χ4n) is 3.89. The third-order valence-corrected chi connectivity index (χ3v) is 7.34. The van der Waals surface area contributed by atoms with E-state index in [2.05, 4.69) is 30.1 Å². The van der Waals surface area contributed by atoms with Crippen molar-refractivity contribution < 1.29 is 21.9 Å². The topological polar surface area (TPSA) is 127 Å². The molecule has 0 aliphatic carbocycles. The number of hydrogen-bond acceptors (Lipinski definition) is 7. The van der Waals surface area contributed by atoms with Gasteiger partial charge in [-0.25, -0.2) is 32.2 Å². The maximum absolute atomic E-state index is 15.6. The zero-order valence-electron chi connectivity index (χ0n) is 18.8. The van der Waals surface area contributed by atoms with Crippen LogP contribution in [-0.2, 0) is 15.6 Å². The van der Waals surface area contributed by atoms with Gasteiger partial charge in [-0.05, 0) is 31.2 Å². The molecular formula is C23H17ClF2N6O3S. The van der Waals surface area contributed by atoms with Crippen LogP contribution in [-0.4, -0.2) is 45.7 Å². The fraction of sp³-hybridized carbons (Fsp3) is 0.130. The maximum Gasteiger partial charge on any atom is 0.232 e. The van der Waals surface area contributed by atoms with E-state index in [0.717, 1.165) is 0 Å². The van der Waals surface area contributed by atoms with E-state index >= 15 is 8.78 Å². The number of imidazole rings is 1. The number of aromatic amines is 2. The average Bonchev–Trinajstić information content (AvgIpc) is 3.52. The first kappa shape index (κ1) is 23.8. The SMILES string of the molecule is COc1ncc(Cl)cc1S(=O)(=O)Cc1cc(C)nc(-c2ccc3c(-c4ncc[nH]4)[nH]nc3c2F)c1F. The van der Waals surface area contributed by atoms with E-state index < -0.39 is 27.2 Å². The van der Waals surface area contributed by atoms with Gasteiger partial charge in [-0.15, -0.1) is 0 Å². The maximum atomic E-state index is 15.6. The monoisotopic (exact) mass is 530 g/mol. The van der Waals surface area contributed by atoms with Crippen molar-refractivity contribution in [1.82, 2.24) is 30.1 Å². The van der Waals surface area contributed by atoms with Crippen LogP contribution in [0, 0.1) is 18.6 Å². The Morgan fingerprint density at radius 3 is 2.67 bits per heavy atom. The Morgan fingerprint density at radius 2 is 1.94 bits per heavy atom. The lowest BCUT2D eigenvalue weighted by Gasteiger charge is -2.13. The van der Waals surface area contributed by atoms with Crippen molar-refractivity contribution in [3.05, 3.63) is 70.8 Å². The molecule has 0 bridgehead atoms. The molecule has 1 aromatic carbocycles. The van der Waals surface area contributed by atoms with Crippen LogP contribution < -0.4 is 4.74 Å². The van der Waals surface area contributed by atoms with Crippen LogP contribution >= 0.6 is 11.6 Å². The molecule has 4 aromatic heterocycles. The van der Waals surface area contributed by atoms with Crippen molar-refractivity contribution in [3.8, 4) is 28.7 Å². The first-order valence-corrected chi connectivity index (χ1v) is 12.5. The molecule has 0 saturated heterocycles. The summed E-state index contributed by atoms with van der Waals surface area (Å²) >= 11 is 5.92. The second-order valence-electron chi connectivity index (χ2n) is 7.87. The number of ether oxygens (including phenoxy) is 1. The van der Waals surface area contributed by atoms with Crippen molar-refractivity contribution in [2.45, 2.75) is 17.6 Å². The van der Waals surface area contributed by atoms with E-state index in [-0.39, 0.29) is 38.1 Å². The summed E-state index contributed by atoms with van der Waals surface area (Å²) < 4.78 is 62.5. The summed E-state index contributed by atoms with van der Waals surface area (Å²) in [5.74, 6) is -2.25. The molecule has 5 aromatic rings. The minimum atomic E-state index is -4.14. The lowest BCUT2D eigenvalue weighted by Crippen LogP contribution is -2.11. The highest BCUT2D eigenvalue weighted by Crippen LogP contribution is 2.34. The van der Waals surface area contributed by atoms with Crippen LogP contribution in [0.1, 0.15) is 11.3 Å². The molecule has 0 saturated carbocycles. The summed E-state index contributed by atoms with van der Waals surface area (Å²) in [6.07, 6.45) is 4.40. The van der Waals surface area contributed by atoms with E-state index in [1.807, 2.05) is 0 Å². The second kappa shape index (κ2) is 8.95. The standard InChI is InChI=1S/C23H17ClF2N6O3S/c1-11-7-12(10-36(33,34)16-8-13(24)9-29-23(16)35-2)17(25)19(30-11)14-3-4-15-20(18(14)26)31-32-21(15)22-27-5-6-28-22/h3-9H,10H2,1-2H3,(H,27,28)(H,31,32). The van der Waals surface area contributed by atoms with Gasteiger partial charge in [0, 0.05) is 40.8 Å². The average molecular weight is 531 g/mol. The van der Waals surface area contributed by atoms with Gasteiger partial charge < -0.3 is 9.72 Å². The summed E-state index contributed by atoms with van der Waals surface area (Å²) in [6, 6.07) is 5.41. The Labute approximate surface area is 208 Å². The van der Waals surface area contributed by atoms with Gasteiger partial charge >= 0.3 is 0 Å². The van der Waals surface area contributed by atoms with Crippen molar-refractivity contribution in [1.29, 1.82) is 0 Å². The van der Waals surface area contributed by atoms with Gasteiger partial charge in [-0.1, -0.05) is 11.6 Å². The molecule has 5 rings (SSSR count). The molecule has 0 aliphatic rings. The van der Waals surface area contributed by atoms with E-state index in [0.29, 0.717) is 22.6 Å². The third-order valence-electron chi connectivity index (χ3n) is 5.48. The number of fused-ring (bicyclic) bond motifs is 1. The lowest BCUT2D eigenvalue weighted by atomic mass is 10.0. The van der Waals surface area contributed by atoms with Gasteiger partial charge in [0.05, 0.1) is 17.9 Å². The number of rotatable bonds is 6. The van der Waals surface area contributed by atoms with E-state index in [1.165, 1.54) is 31.5 Å². The number of aryl methyl sites for hydroxylation is 1. The quantitative estimate of drug-likeness (QED) is 0.327. The van der Waals surface area contributed by atoms with Gasteiger partial charge in [0.1, 0.15) is 21.8 Å². The first-order chi connectivity index (χ1) is 17.2. The minimum Gasteiger partial charge on any atom is -0.480 e. The zero-order valence-corrected chi connectivity index (χ0v) is 20.4. The predicted octanol–water partition coefficient (Wildman–Crippen LogP) is 4.63. The number of benzene rings is 1. The van der Waals surface area contributed by atoms with Crippen molar-refractivity contribution in [2.75, 3.05) is 7.11 Å². The number of halogens is 3. The molecule has 13 heteroatoms. The molecule has 0 spiro atoms. The lowest BCUT2D eigenvalue weighted by molar-refractivity contribution is 0.385. The number of aromatic nitrogens is 6. The number of nitrogens with zero attached hydrogens (tertiary/aromatic N) is 4. The number of pyridine rings is 2. The van der Waals surface area contributed by atoms with Crippen LogP contribution in [0.5, 0.6) is 5.88 Å². The largest absolute Gasteiger partial charge is 0.480 e. The second-order valence-corrected chi connectivity index (χ2v) is 10.3. The summed E-state index contributed by atoms with van der Waals surface area (Å²) in [4.78, 5) is 14.8. The van der Waals surface area contributed by atoms with Gasteiger partial charge in [-0.2, -0.15) is 5.10 Å². The third kappa shape index (κ3) is 4.07. The summed E-state index contributed by atoms with van der Waals surface area (Å²) in [5.41, 5.74) is 0.0302. The molecule has 9 nitrogen and oxygen atoms in total. The minimum absolute atomic E-state index is 0.0366. The zero-order chi connectivity index (χ0) is 25.6. The highest BCUT2D eigenvalue weighted by molar-refractivity contribution is 7.90.